The Hall–Kier alpha value is -1.27. The largest absolute Gasteiger partial charge is 0.550 e. The Labute approximate surface area is 133 Å². The lowest BCUT2D eigenvalue weighted by atomic mass is 10.0. The molecule has 0 saturated carbocycles. The van der Waals surface area contributed by atoms with E-state index in [0.29, 0.717) is 18.1 Å². The molecule has 0 heterocycles. The highest BCUT2D eigenvalue weighted by Crippen LogP contribution is 2.38. The van der Waals surface area contributed by atoms with E-state index in [-0.39, 0.29) is 6.42 Å². The second-order valence-electron chi connectivity index (χ2n) is 4.86. The maximum Gasteiger partial charge on any atom is 0.175 e. The lowest BCUT2D eigenvalue weighted by Gasteiger charge is -2.16. The maximum absolute atomic E-state index is 10.7. The summed E-state index contributed by atoms with van der Waals surface area (Å²) in [5.74, 6) is 0.0888. The summed E-state index contributed by atoms with van der Waals surface area (Å²) >= 11 is 3.45. The van der Waals surface area contributed by atoms with Gasteiger partial charge < -0.3 is 25.1 Å². The van der Waals surface area contributed by atoms with Gasteiger partial charge in [0.25, 0.3) is 0 Å². The molecule has 21 heavy (non-hydrogen) atoms. The minimum absolute atomic E-state index is 0.133. The molecule has 0 saturated heterocycles. The third-order valence-electron chi connectivity index (χ3n) is 3.13. The van der Waals surface area contributed by atoms with Gasteiger partial charge in [0.1, 0.15) is 6.04 Å². The van der Waals surface area contributed by atoms with Crippen LogP contribution in [0, 0.1) is 0 Å². The van der Waals surface area contributed by atoms with Gasteiger partial charge >= 0.3 is 0 Å². The third kappa shape index (κ3) is 5.55. The molecular formula is C15H22BrNO4. The summed E-state index contributed by atoms with van der Waals surface area (Å²) in [4.78, 5) is 10.7. The molecule has 118 valence electrons. The third-order valence-corrected chi connectivity index (χ3v) is 3.72. The van der Waals surface area contributed by atoms with Gasteiger partial charge in [0.05, 0.1) is 18.2 Å². The van der Waals surface area contributed by atoms with Crippen LogP contribution in [0.2, 0.25) is 0 Å². The number of ether oxygens (including phenoxy) is 2. The zero-order valence-electron chi connectivity index (χ0n) is 12.5. The molecule has 0 unspecified atom stereocenters. The molecule has 0 bridgehead atoms. The van der Waals surface area contributed by atoms with Crippen molar-refractivity contribution in [3.05, 3.63) is 22.2 Å². The SMILES string of the molecule is CCCCCOc1c(Br)cc([C@H]([NH3+])CC(=O)[O-])cc1OC. The van der Waals surface area contributed by atoms with Gasteiger partial charge in [-0.2, -0.15) is 0 Å². The standard InChI is InChI=1S/C15H22BrNO4/c1-3-4-5-6-21-15-11(16)7-10(8-13(15)20-2)12(17)9-14(18)19/h7-8,12H,3-6,9,17H2,1-2H3,(H,18,19)/t12-/m1/s1. The fraction of sp³-hybridized carbons (Fsp3) is 0.533. The van der Waals surface area contributed by atoms with E-state index in [1.807, 2.05) is 6.07 Å². The number of aliphatic carboxylic acids is 1. The smallest absolute Gasteiger partial charge is 0.175 e. The highest BCUT2D eigenvalue weighted by molar-refractivity contribution is 9.10. The fourth-order valence-electron chi connectivity index (χ4n) is 1.96. The van der Waals surface area contributed by atoms with Gasteiger partial charge in [-0.25, -0.2) is 0 Å². The Morgan fingerprint density at radius 2 is 2.14 bits per heavy atom. The molecule has 0 aliphatic carbocycles. The number of carbonyl (C=O) groups is 1. The van der Waals surface area contributed by atoms with Crippen LogP contribution in [0.15, 0.2) is 16.6 Å². The van der Waals surface area contributed by atoms with Gasteiger partial charge in [-0.1, -0.05) is 19.8 Å². The number of benzene rings is 1. The van der Waals surface area contributed by atoms with Crippen molar-refractivity contribution < 1.29 is 25.1 Å². The van der Waals surface area contributed by atoms with Gasteiger partial charge in [0.2, 0.25) is 0 Å². The van der Waals surface area contributed by atoms with Crippen molar-refractivity contribution in [2.75, 3.05) is 13.7 Å². The normalized spacial score (nSPS) is 12.0. The Bertz CT molecular complexity index is 479. The minimum Gasteiger partial charge on any atom is -0.550 e. The van der Waals surface area contributed by atoms with Crippen molar-refractivity contribution in [1.82, 2.24) is 0 Å². The fourth-order valence-corrected chi connectivity index (χ4v) is 2.54. The first-order valence-corrected chi connectivity index (χ1v) is 7.82. The predicted molar refractivity (Wildman–Crippen MR) is 81.0 cm³/mol. The molecule has 0 spiro atoms. The van der Waals surface area contributed by atoms with Crippen molar-refractivity contribution in [2.45, 2.75) is 38.6 Å². The number of carboxylic acids is 1. The number of hydrogen-bond donors (Lipinski definition) is 1. The van der Waals surface area contributed by atoms with E-state index in [1.165, 1.54) is 0 Å². The molecule has 1 atom stereocenters. The van der Waals surface area contributed by atoms with Crippen molar-refractivity contribution >= 4 is 21.9 Å². The van der Waals surface area contributed by atoms with Crippen LogP contribution in [0.25, 0.3) is 0 Å². The maximum atomic E-state index is 10.7. The average molecular weight is 360 g/mol. The molecule has 0 aliphatic heterocycles. The number of quaternary nitrogens is 1. The van der Waals surface area contributed by atoms with Gasteiger partial charge in [0.15, 0.2) is 11.5 Å². The van der Waals surface area contributed by atoms with Gasteiger partial charge in [-0.3, -0.25) is 0 Å². The first-order valence-electron chi connectivity index (χ1n) is 7.02. The van der Waals surface area contributed by atoms with Crippen LogP contribution in [-0.2, 0) is 4.79 Å². The molecule has 0 aliphatic rings. The van der Waals surface area contributed by atoms with Gasteiger partial charge in [0, 0.05) is 18.0 Å². The quantitative estimate of drug-likeness (QED) is 0.676. The number of hydrogen-bond acceptors (Lipinski definition) is 4. The molecule has 1 rings (SSSR count). The molecule has 0 amide bonds. The van der Waals surface area contributed by atoms with Gasteiger partial charge in [-0.05, 0) is 34.5 Å². The van der Waals surface area contributed by atoms with Crippen LogP contribution >= 0.6 is 15.9 Å². The number of methoxy groups -OCH3 is 1. The zero-order chi connectivity index (χ0) is 15.8. The average Bonchev–Trinajstić information content (AvgIpc) is 2.43. The van der Waals surface area contributed by atoms with Crippen LogP contribution in [0.5, 0.6) is 11.5 Å². The Morgan fingerprint density at radius 1 is 1.43 bits per heavy atom. The molecule has 0 radical (unpaired) electrons. The Kier molecular flexibility index (Phi) is 7.53. The van der Waals surface area contributed by atoms with E-state index in [9.17, 15) is 9.90 Å². The van der Waals surface area contributed by atoms with Crippen molar-refractivity contribution in [1.29, 1.82) is 0 Å². The molecule has 1 aromatic carbocycles. The molecule has 1 aromatic rings. The van der Waals surface area contributed by atoms with E-state index in [2.05, 4.69) is 28.6 Å². The molecule has 5 nitrogen and oxygen atoms in total. The highest BCUT2D eigenvalue weighted by atomic mass is 79.9. The van der Waals surface area contributed by atoms with Crippen LogP contribution in [0.3, 0.4) is 0 Å². The summed E-state index contributed by atoms with van der Waals surface area (Å²) in [6.45, 7) is 2.76. The number of unbranched alkanes of at least 4 members (excludes halogenated alkanes) is 2. The number of carboxylic acid groups (broad SMARTS) is 1. The lowest BCUT2D eigenvalue weighted by molar-refractivity contribution is -0.430. The molecular weight excluding hydrogens is 338 g/mol. The minimum atomic E-state index is -1.12. The van der Waals surface area contributed by atoms with Crippen molar-refractivity contribution in [3.8, 4) is 11.5 Å². The monoisotopic (exact) mass is 359 g/mol. The lowest BCUT2D eigenvalue weighted by Crippen LogP contribution is -2.55. The first kappa shape index (κ1) is 17.8. The van der Waals surface area contributed by atoms with Crippen LogP contribution in [-0.4, -0.2) is 19.7 Å². The van der Waals surface area contributed by atoms with Gasteiger partial charge in [-0.15, -0.1) is 0 Å². The molecule has 0 fully saturated rings. The second kappa shape index (κ2) is 8.89. The van der Waals surface area contributed by atoms with E-state index < -0.39 is 12.0 Å². The summed E-state index contributed by atoms with van der Waals surface area (Å²) in [6.07, 6.45) is 3.10. The Balaban J connectivity index is 2.88. The number of rotatable bonds is 9. The summed E-state index contributed by atoms with van der Waals surface area (Å²) < 4.78 is 11.8. The number of carbonyl (C=O) groups excluding carboxylic acids is 1. The van der Waals surface area contributed by atoms with Crippen LogP contribution < -0.4 is 20.3 Å². The van der Waals surface area contributed by atoms with Crippen molar-refractivity contribution in [3.63, 3.8) is 0 Å². The predicted octanol–water partition coefficient (Wildman–Crippen LogP) is 1.45. The summed E-state index contributed by atoms with van der Waals surface area (Å²) in [5.41, 5.74) is 4.61. The molecule has 0 aromatic heterocycles. The number of halogens is 1. The first-order chi connectivity index (χ1) is 9.99. The molecule has 6 heteroatoms. The molecule has 3 N–H and O–H groups in total. The Morgan fingerprint density at radius 3 is 2.71 bits per heavy atom. The van der Waals surface area contributed by atoms with E-state index in [4.69, 9.17) is 9.47 Å². The van der Waals surface area contributed by atoms with Crippen LogP contribution in [0.1, 0.15) is 44.2 Å². The summed E-state index contributed by atoms with van der Waals surface area (Å²) in [5, 5.41) is 10.7. The second-order valence-corrected chi connectivity index (χ2v) is 5.72. The van der Waals surface area contributed by atoms with Crippen LogP contribution in [0.4, 0.5) is 0 Å². The van der Waals surface area contributed by atoms with E-state index in [0.717, 1.165) is 29.3 Å². The zero-order valence-corrected chi connectivity index (χ0v) is 14.1. The van der Waals surface area contributed by atoms with E-state index in [1.54, 1.807) is 13.2 Å². The highest BCUT2D eigenvalue weighted by Gasteiger charge is 2.17. The van der Waals surface area contributed by atoms with Crippen molar-refractivity contribution in [2.24, 2.45) is 0 Å². The summed E-state index contributed by atoms with van der Waals surface area (Å²) in [6, 6.07) is 3.19. The summed E-state index contributed by atoms with van der Waals surface area (Å²) in [7, 11) is 1.56. The van der Waals surface area contributed by atoms with E-state index >= 15 is 0 Å². The topological polar surface area (TPSA) is 86.2 Å².